The number of para-hydroxylation sites is 1. The van der Waals surface area contributed by atoms with Gasteiger partial charge in [-0.05, 0) is 24.5 Å². The minimum absolute atomic E-state index is 0.262. The van der Waals surface area contributed by atoms with Gasteiger partial charge in [0.25, 0.3) is 5.91 Å². The van der Waals surface area contributed by atoms with E-state index < -0.39 is 0 Å². The van der Waals surface area contributed by atoms with E-state index in [-0.39, 0.29) is 17.7 Å². The van der Waals surface area contributed by atoms with Gasteiger partial charge in [-0.15, -0.1) is 0 Å². The van der Waals surface area contributed by atoms with Crippen molar-refractivity contribution in [3.05, 3.63) is 47.9 Å². The number of benzene rings is 1. The third-order valence-electron chi connectivity index (χ3n) is 4.83. The van der Waals surface area contributed by atoms with Crippen molar-refractivity contribution in [1.29, 1.82) is 0 Å². The lowest BCUT2D eigenvalue weighted by Gasteiger charge is -2.34. The van der Waals surface area contributed by atoms with Crippen molar-refractivity contribution in [2.24, 2.45) is 0 Å². The molecule has 2 amide bonds. The van der Waals surface area contributed by atoms with Crippen molar-refractivity contribution in [3.8, 4) is 0 Å². The van der Waals surface area contributed by atoms with E-state index in [1.54, 1.807) is 18.0 Å². The van der Waals surface area contributed by atoms with Crippen molar-refractivity contribution in [2.75, 3.05) is 43.0 Å². The fourth-order valence-electron chi connectivity index (χ4n) is 3.24. The van der Waals surface area contributed by atoms with Crippen molar-refractivity contribution in [3.63, 3.8) is 0 Å². The first kappa shape index (κ1) is 20.6. The molecule has 29 heavy (non-hydrogen) atoms. The molecule has 1 aromatic carbocycles. The molecule has 8 heteroatoms. The number of anilines is 2. The number of rotatable bonds is 5. The molecule has 1 aromatic heterocycles. The van der Waals surface area contributed by atoms with E-state index in [1.807, 2.05) is 29.2 Å². The number of nitrogens with zero attached hydrogens (tertiary/aromatic N) is 4. The van der Waals surface area contributed by atoms with E-state index >= 15 is 0 Å². The predicted octanol–water partition coefficient (Wildman–Crippen LogP) is 3.13. The molecule has 2 aromatic rings. The van der Waals surface area contributed by atoms with Crippen LogP contribution in [0.4, 0.5) is 16.3 Å². The van der Waals surface area contributed by atoms with Gasteiger partial charge in [-0.25, -0.2) is 14.8 Å². The summed E-state index contributed by atoms with van der Waals surface area (Å²) >= 11 is 0. The topological polar surface area (TPSA) is 87.7 Å². The van der Waals surface area contributed by atoms with Gasteiger partial charge in [0, 0.05) is 31.9 Å². The van der Waals surface area contributed by atoms with Gasteiger partial charge >= 0.3 is 6.09 Å². The molecule has 1 aliphatic rings. The van der Waals surface area contributed by atoms with E-state index in [0.29, 0.717) is 44.5 Å². The first-order valence-corrected chi connectivity index (χ1v) is 9.88. The zero-order chi connectivity index (χ0) is 20.8. The standard InChI is InChI=1S/C21H27N5O3/c1-4-29-21(28)26-11-9-25(10-12-26)19-14-22-18(13-23-19)20(27)24-17-8-6-5-7-16(17)15(2)3/h5-8,13-15H,4,9-12H2,1-3H3,(H,24,27). The highest BCUT2D eigenvalue weighted by Gasteiger charge is 2.23. The minimum Gasteiger partial charge on any atom is -0.450 e. The molecule has 0 spiro atoms. The van der Waals surface area contributed by atoms with Crippen LogP contribution in [0.15, 0.2) is 36.7 Å². The summed E-state index contributed by atoms with van der Waals surface area (Å²) in [5.41, 5.74) is 2.12. The molecule has 1 N–H and O–H groups in total. The number of carbonyl (C=O) groups is 2. The van der Waals surface area contributed by atoms with Gasteiger partial charge in [0.2, 0.25) is 0 Å². The average molecular weight is 397 g/mol. The quantitative estimate of drug-likeness (QED) is 0.834. The van der Waals surface area contributed by atoms with Gasteiger partial charge in [-0.2, -0.15) is 0 Å². The number of hydrogen-bond donors (Lipinski definition) is 1. The molecule has 154 valence electrons. The third kappa shape index (κ3) is 5.01. The maximum Gasteiger partial charge on any atom is 0.409 e. The van der Waals surface area contributed by atoms with E-state index in [4.69, 9.17) is 4.74 Å². The molecule has 8 nitrogen and oxygen atoms in total. The van der Waals surface area contributed by atoms with Crippen molar-refractivity contribution < 1.29 is 14.3 Å². The highest BCUT2D eigenvalue weighted by Crippen LogP contribution is 2.24. The Labute approximate surface area is 170 Å². The lowest BCUT2D eigenvalue weighted by Crippen LogP contribution is -2.49. The van der Waals surface area contributed by atoms with Crippen LogP contribution in [0.1, 0.15) is 42.7 Å². The first-order chi connectivity index (χ1) is 14.0. The number of ether oxygens (including phenoxy) is 1. The Morgan fingerprint density at radius 1 is 1.10 bits per heavy atom. The molecule has 2 heterocycles. The normalized spacial score (nSPS) is 14.1. The zero-order valence-corrected chi connectivity index (χ0v) is 17.1. The summed E-state index contributed by atoms with van der Waals surface area (Å²) in [6, 6.07) is 7.75. The van der Waals surface area contributed by atoms with Crippen LogP contribution < -0.4 is 10.2 Å². The Morgan fingerprint density at radius 2 is 1.83 bits per heavy atom. The van der Waals surface area contributed by atoms with Crippen LogP contribution in [0.25, 0.3) is 0 Å². The van der Waals surface area contributed by atoms with Gasteiger partial charge < -0.3 is 19.9 Å². The van der Waals surface area contributed by atoms with Crippen LogP contribution in [0.5, 0.6) is 0 Å². The molecule has 1 fully saturated rings. The minimum atomic E-state index is -0.288. The van der Waals surface area contributed by atoms with Gasteiger partial charge in [0.05, 0.1) is 19.0 Å². The Kier molecular flexibility index (Phi) is 6.64. The SMILES string of the molecule is CCOC(=O)N1CCN(c2cnc(C(=O)Nc3ccccc3C(C)C)cn2)CC1. The molecule has 0 unspecified atom stereocenters. The molecule has 1 aliphatic heterocycles. The predicted molar refractivity (Wildman–Crippen MR) is 111 cm³/mol. The maximum absolute atomic E-state index is 12.6. The van der Waals surface area contributed by atoms with Crippen molar-refractivity contribution >= 4 is 23.5 Å². The second-order valence-electron chi connectivity index (χ2n) is 7.13. The third-order valence-corrected chi connectivity index (χ3v) is 4.83. The zero-order valence-electron chi connectivity index (χ0n) is 17.1. The number of piperazine rings is 1. The Bertz CT molecular complexity index is 846. The summed E-state index contributed by atoms with van der Waals surface area (Å²) in [5.74, 6) is 0.699. The number of amides is 2. The summed E-state index contributed by atoms with van der Waals surface area (Å²) < 4.78 is 5.03. The first-order valence-electron chi connectivity index (χ1n) is 9.88. The number of carbonyl (C=O) groups excluding carboxylic acids is 2. The lowest BCUT2D eigenvalue weighted by atomic mass is 10.0. The molecule has 0 bridgehead atoms. The van der Waals surface area contributed by atoms with Gasteiger partial charge in [0.1, 0.15) is 11.5 Å². The molecular weight excluding hydrogens is 370 g/mol. The van der Waals surface area contributed by atoms with Gasteiger partial charge in [-0.3, -0.25) is 4.79 Å². The Hall–Kier alpha value is -3.16. The largest absolute Gasteiger partial charge is 0.450 e. The number of nitrogens with one attached hydrogen (secondary N) is 1. The van der Waals surface area contributed by atoms with E-state index in [2.05, 4.69) is 29.1 Å². The Morgan fingerprint density at radius 3 is 2.45 bits per heavy atom. The van der Waals surface area contributed by atoms with Crippen LogP contribution in [-0.2, 0) is 4.74 Å². The summed E-state index contributed by atoms with van der Waals surface area (Å²) in [6.45, 7) is 8.74. The Balaban J connectivity index is 1.61. The van der Waals surface area contributed by atoms with Crippen LogP contribution in [0.3, 0.4) is 0 Å². The molecule has 3 rings (SSSR count). The van der Waals surface area contributed by atoms with Gasteiger partial charge in [-0.1, -0.05) is 32.0 Å². The maximum atomic E-state index is 12.6. The molecule has 0 aliphatic carbocycles. The summed E-state index contributed by atoms with van der Waals surface area (Å²) in [6.07, 6.45) is 2.80. The fraction of sp³-hybridized carbons (Fsp3) is 0.429. The molecule has 0 saturated carbocycles. The van der Waals surface area contributed by atoms with Crippen molar-refractivity contribution in [1.82, 2.24) is 14.9 Å². The highest BCUT2D eigenvalue weighted by molar-refractivity contribution is 6.03. The summed E-state index contributed by atoms with van der Waals surface area (Å²) in [4.78, 5) is 36.8. The van der Waals surface area contributed by atoms with E-state index in [0.717, 1.165) is 11.3 Å². The smallest absolute Gasteiger partial charge is 0.409 e. The van der Waals surface area contributed by atoms with Gasteiger partial charge in [0.15, 0.2) is 0 Å². The van der Waals surface area contributed by atoms with Crippen LogP contribution in [0, 0.1) is 0 Å². The number of hydrogen-bond acceptors (Lipinski definition) is 6. The van der Waals surface area contributed by atoms with Crippen LogP contribution in [0.2, 0.25) is 0 Å². The van der Waals surface area contributed by atoms with Crippen molar-refractivity contribution in [2.45, 2.75) is 26.7 Å². The summed E-state index contributed by atoms with van der Waals surface area (Å²) in [7, 11) is 0. The average Bonchev–Trinajstić information content (AvgIpc) is 2.74. The highest BCUT2D eigenvalue weighted by atomic mass is 16.6. The fourth-order valence-corrected chi connectivity index (χ4v) is 3.24. The second-order valence-corrected chi connectivity index (χ2v) is 7.13. The van der Waals surface area contributed by atoms with Crippen LogP contribution in [-0.4, -0.2) is 59.7 Å². The summed E-state index contributed by atoms with van der Waals surface area (Å²) in [5, 5.41) is 2.92. The molecule has 1 saturated heterocycles. The van der Waals surface area contributed by atoms with E-state index in [9.17, 15) is 9.59 Å². The molecule has 0 atom stereocenters. The lowest BCUT2D eigenvalue weighted by molar-refractivity contribution is 0.101. The number of aromatic nitrogens is 2. The molecule has 0 radical (unpaired) electrons. The monoisotopic (exact) mass is 397 g/mol. The second kappa shape index (κ2) is 9.36. The molecular formula is C21H27N5O3. The van der Waals surface area contributed by atoms with Crippen LogP contribution >= 0.6 is 0 Å². The van der Waals surface area contributed by atoms with E-state index in [1.165, 1.54) is 6.20 Å².